The van der Waals surface area contributed by atoms with Gasteiger partial charge in [-0.25, -0.2) is 0 Å². The van der Waals surface area contributed by atoms with Gasteiger partial charge in [0, 0.05) is 19.8 Å². The Morgan fingerprint density at radius 1 is 1.05 bits per heavy atom. The lowest BCUT2D eigenvalue weighted by Gasteiger charge is -2.34. The molecule has 206 valence electrons. The SMILES string of the molecule is CN(C)C(=O)C1(N(CC(F)(F)F)C(=N)OCc2nc(N)nc(Nc3ccc(Oc4ccccc4)cc3)n2)CC1. The van der Waals surface area contributed by atoms with E-state index in [4.69, 9.17) is 20.6 Å². The number of carbonyl (C=O) groups is 1. The molecule has 1 aliphatic carbocycles. The van der Waals surface area contributed by atoms with E-state index in [0.29, 0.717) is 22.1 Å². The second kappa shape index (κ2) is 11.0. The van der Waals surface area contributed by atoms with Crippen LogP contribution in [0.3, 0.4) is 0 Å². The Morgan fingerprint density at radius 3 is 2.28 bits per heavy atom. The number of carbonyl (C=O) groups excluding carboxylic acids is 1. The summed E-state index contributed by atoms with van der Waals surface area (Å²) in [5.41, 5.74) is 4.92. The number of halogens is 3. The molecule has 1 fully saturated rings. The highest BCUT2D eigenvalue weighted by molar-refractivity contribution is 5.93. The van der Waals surface area contributed by atoms with Crippen LogP contribution < -0.4 is 15.8 Å². The van der Waals surface area contributed by atoms with Crippen LogP contribution in [0.15, 0.2) is 54.6 Å². The molecule has 1 aliphatic rings. The van der Waals surface area contributed by atoms with Crippen molar-refractivity contribution in [2.75, 3.05) is 31.7 Å². The Kier molecular flexibility index (Phi) is 7.74. The third-order valence-electron chi connectivity index (χ3n) is 5.75. The minimum absolute atomic E-state index is 0.0190. The van der Waals surface area contributed by atoms with Crippen molar-refractivity contribution in [3.63, 3.8) is 0 Å². The molecule has 11 nitrogen and oxygen atoms in total. The Bertz CT molecular complexity index is 1320. The first-order valence-electron chi connectivity index (χ1n) is 11.8. The number of aromatic nitrogens is 3. The van der Waals surface area contributed by atoms with Crippen LogP contribution in [0, 0.1) is 5.41 Å². The van der Waals surface area contributed by atoms with Gasteiger partial charge in [0.2, 0.25) is 17.8 Å². The average Bonchev–Trinajstić information content (AvgIpc) is 3.68. The molecule has 0 atom stereocenters. The molecule has 1 heterocycles. The van der Waals surface area contributed by atoms with E-state index in [1.54, 1.807) is 24.3 Å². The molecule has 1 aromatic heterocycles. The second-order valence-electron chi connectivity index (χ2n) is 9.02. The van der Waals surface area contributed by atoms with Crippen molar-refractivity contribution in [1.29, 1.82) is 5.41 Å². The van der Waals surface area contributed by atoms with Crippen molar-refractivity contribution in [3.05, 3.63) is 60.4 Å². The number of amides is 1. The number of nitrogens with one attached hydrogen (secondary N) is 2. The van der Waals surface area contributed by atoms with E-state index < -0.39 is 36.8 Å². The van der Waals surface area contributed by atoms with Crippen molar-refractivity contribution in [1.82, 2.24) is 24.8 Å². The highest BCUT2D eigenvalue weighted by Crippen LogP contribution is 2.44. The third-order valence-corrected chi connectivity index (χ3v) is 5.75. The first-order chi connectivity index (χ1) is 18.4. The van der Waals surface area contributed by atoms with Crippen LogP contribution in [0.2, 0.25) is 0 Å². The van der Waals surface area contributed by atoms with Crippen molar-refractivity contribution < 1.29 is 27.4 Å². The number of likely N-dealkylation sites (N-methyl/N-ethyl adjacent to an activating group) is 1. The molecule has 0 aliphatic heterocycles. The largest absolute Gasteiger partial charge is 0.457 e. The maximum Gasteiger partial charge on any atom is 0.406 e. The van der Waals surface area contributed by atoms with Crippen LogP contribution in [-0.2, 0) is 16.1 Å². The summed E-state index contributed by atoms with van der Waals surface area (Å²) in [6.07, 6.45) is -4.31. The zero-order valence-electron chi connectivity index (χ0n) is 21.2. The van der Waals surface area contributed by atoms with E-state index in [9.17, 15) is 18.0 Å². The van der Waals surface area contributed by atoms with E-state index in [0.717, 1.165) is 0 Å². The first-order valence-corrected chi connectivity index (χ1v) is 11.8. The molecule has 1 amide bonds. The van der Waals surface area contributed by atoms with Gasteiger partial charge in [-0.2, -0.15) is 28.1 Å². The first kappa shape index (κ1) is 27.4. The Hall–Kier alpha value is -4.62. The summed E-state index contributed by atoms with van der Waals surface area (Å²) in [6, 6.07) is 15.4. The number of anilines is 3. The normalized spacial score (nSPS) is 13.8. The van der Waals surface area contributed by atoms with E-state index in [-0.39, 0.29) is 30.6 Å². The average molecular weight is 545 g/mol. The summed E-state index contributed by atoms with van der Waals surface area (Å²) in [5, 5.41) is 11.2. The standard InChI is InChI=1S/C25H27F3N8O3/c1-35(2)20(37)24(12-13-24)36(15-25(26,27)28)22(30)38-14-19-32-21(29)34-23(33-19)31-16-8-10-18(11-9-16)39-17-6-4-3-5-7-17/h3-11,30H,12-15H2,1-2H3,(H3,29,31,32,33,34). The van der Waals surface area contributed by atoms with Gasteiger partial charge in [-0.05, 0) is 49.2 Å². The number of nitrogens with two attached hydrogens (primary N) is 1. The molecular formula is C25H27F3N8O3. The minimum Gasteiger partial charge on any atom is -0.457 e. The van der Waals surface area contributed by atoms with Crippen molar-refractivity contribution in [3.8, 4) is 11.5 Å². The number of ether oxygens (including phenoxy) is 2. The van der Waals surface area contributed by atoms with Gasteiger partial charge in [-0.1, -0.05) is 18.2 Å². The molecule has 0 spiro atoms. The van der Waals surface area contributed by atoms with Gasteiger partial charge in [0.15, 0.2) is 12.4 Å². The summed E-state index contributed by atoms with van der Waals surface area (Å²) >= 11 is 0. The Labute approximate surface area is 222 Å². The van der Waals surface area contributed by atoms with Crippen molar-refractivity contribution in [2.24, 2.45) is 0 Å². The molecule has 3 aromatic rings. The zero-order chi connectivity index (χ0) is 28.2. The maximum absolute atomic E-state index is 13.3. The predicted molar refractivity (Wildman–Crippen MR) is 136 cm³/mol. The molecule has 2 aromatic carbocycles. The molecule has 39 heavy (non-hydrogen) atoms. The molecular weight excluding hydrogens is 517 g/mol. The van der Waals surface area contributed by atoms with Gasteiger partial charge >= 0.3 is 6.18 Å². The number of amidine groups is 1. The third kappa shape index (κ3) is 7.03. The molecule has 0 bridgehead atoms. The zero-order valence-corrected chi connectivity index (χ0v) is 21.2. The molecule has 4 rings (SSSR count). The van der Waals surface area contributed by atoms with Gasteiger partial charge in [0.1, 0.15) is 23.6 Å². The summed E-state index contributed by atoms with van der Waals surface area (Å²) < 4.78 is 51.0. The Morgan fingerprint density at radius 2 is 1.69 bits per heavy atom. The minimum atomic E-state index is -4.66. The second-order valence-corrected chi connectivity index (χ2v) is 9.02. The van der Waals surface area contributed by atoms with E-state index in [1.807, 2.05) is 30.3 Å². The summed E-state index contributed by atoms with van der Waals surface area (Å²) in [6.45, 7) is -1.98. The fraction of sp³-hybridized carbons (Fsp3) is 0.320. The molecule has 0 saturated heterocycles. The topological polar surface area (TPSA) is 143 Å². The van der Waals surface area contributed by atoms with Crippen molar-refractivity contribution >= 4 is 29.5 Å². The number of alkyl halides is 3. The van der Waals surface area contributed by atoms with E-state index in [2.05, 4.69) is 20.3 Å². The van der Waals surface area contributed by atoms with Gasteiger partial charge in [-0.15, -0.1) is 0 Å². The van der Waals surface area contributed by atoms with Crippen LogP contribution in [0.4, 0.5) is 30.8 Å². The Balaban J connectivity index is 1.42. The van der Waals surface area contributed by atoms with E-state index in [1.165, 1.54) is 19.0 Å². The van der Waals surface area contributed by atoms with Crippen LogP contribution in [0.25, 0.3) is 0 Å². The fourth-order valence-corrected chi connectivity index (χ4v) is 3.86. The van der Waals surface area contributed by atoms with Gasteiger partial charge < -0.3 is 30.3 Å². The van der Waals surface area contributed by atoms with Crippen LogP contribution in [0.5, 0.6) is 11.5 Å². The lowest BCUT2D eigenvalue weighted by molar-refractivity contribution is -0.153. The van der Waals surface area contributed by atoms with E-state index >= 15 is 0 Å². The highest BCUT2D eigenvalue weighted by Gasteiger charge is 2.59. The maximum atomic E-state index is 13.3. The number of para-hydroxylation sites is 1. The lowest BCUT2D eigenvalue weighted by atomic mass is 10.2. The van der Waals surface area contributed by atoms with Crippen LogP contribution in [0.1, 0.15) is 18.7 Å². The summed E-state index contributed by atoms with van der Waals surface area (Å²) in [5.74, 6) is 0.657. The quantitative estimate of drug-likeness (QED) is 0.270. The number of rotatable bonds is 9. The predicted octanol–water partition coefficient (Wildman–Crippen LogP) is 3.93. The number of hydrogen-bond donors (Lipinski definition) is 3. The van der Waals surface area contributed by atoms with Gasteiger partial charge in [0.05, 0.1) is 0 Å². The number of nitrogens with zero attached hydrogens (tertiary/aromatic N) is 5. The fourth-order valence-electron chi connectivity index (χ4n) is 3.86. The number of hydrogen-bond acceptors (Lipinski definition) is 9. The highest BCUT2D eigenvalue weighted by atomic mass is 19.4. The van der Waals surface area contributed by atoms with Crippen LogP contribution in [-0.4, -0.2) is 69.0 Å². The van der Waals surface area contributed by atoms with Crippen molar-refractivity contribution in [2.45, 2.75) is 31.2 Å². The lowest BCUT2D eigenvalue weighted by Crippen LogP contribution is -2.54. The van der Waals surface area contributed by atoms with Gasteiger partial charge in [0.25, 0.3) is 6.02 Å². The molecule has 4 N–H and O–H groups in total. The van der Waals surface area contributed by atoms with Crippen LogP contribution >= 0.6 is 0 Å². The summed E-state index contributed by atoms with van der Waals surface area (Å²) in [7, 11) is 2.90. The monoisotopic (exact) mass is 544 g/mol. The molecule has 14 heteroatoms. The molecule has 0 radical (unpaired) electrons. The van der Waals surface area contributed by atoms with Gasteiger partial charge in [-0.3, -0.25) is 10.2 Å². The number of benzene rings is 2. The molecule has 0 unspecified atom stereocenters. The molecule has 1 saturated carbocycles. The number of nitrogen functional groups attached to an aromatic ring is 1. The summed E-state index contributed by atoms with van der Waals surface area (Å²) in [4.78, 5) is 26.6. The smallest absolute Gasteiger partial charge is 0.406 e.